The van der Waals surface area contributed by atoms with Crippen LogP contribution in [0.5, 0.6) is 5.75 Å². The van der Waals surface area contributed by atoms with Gasteiger partial charge in [-0.25, -0.2) is 0 Å². The molecule has 5 amide bonds. The molecule has 1 aromatic carbocycles. The van der Waals surface area contributed by atoms with Crippen LogP contribution in [0.4, 0.5) is 0 Å². The van der Waals surface area contributed by atoms with Gasteiger partial charge in [0.25, 0.3) is 0 Å². The van der Waals surface area contributed by atoms with Crippen LogP contribution in [0.15, 0.2) is 24.3 Å². The number of likely N-dealkylation sites (N-methyl/N-ethyl adjacent to an activating group) is 1. The number of aliphatic hydroxyl groups is 1. The van der Waals surface area contributed by atoms with Gasteiger partial charge in [-0.05, 0) is 68.1 Å². The number of hydrogen-bond acceptors (Lipinski definition) is 8. The first-order valence-electron chi connectivity index (χ1n) is 18.0. The number of carbonyl (C=O) groups is 6. The molecule has 0 aliphatic heterocycles. The molecule has 0 unspecified atom stereocenters. The topological polar surface area (TPSA) is 212 Å². The fourth-order valence-electron chi connectivity index (χ4n) is 5.47. The average molecular weight is 720 g/mol. The maximum absolute atomic E-state index is 13.9. The number of methoxy groups -OCH3 is 1. The summed E-state index contributed by atoms with van der Waals surface area (Å²) in [7, 11) is 1.56. The second kappa shape index (κ2) is 23.3. The van der Waals surface area contributed by atoms with Crippen molar-refractivity contribution < 1.29 is 43.7 Å². The lowest BCUT2D eigenvalue weighted by Gasteiger charge is -2.30. The van der Waals surface area contributed by atoms with Crippen LogP contribution in [0, 0.1) is 17.8 Å². The first-order valence-corrected chi connectivity index (χ1v) is 18.0. The van der Waals surface area contributed by atoms with Gasteiger partial charge in [0, 0.05) is 19.4 Å². The molecule has 51 heavy (non-hydrogen) atoms. The molecule has 1 rings (SSSR count). The zero-order chi connectivity index (χ0) is 38.7. The average Bonchev–Trinajstić information content (AvgIpc) is 3.06. The van der Waals surface area contributed by atoms with E-state index in [-0.39, 0.29) is 55.8 Å². The van der Waals surface area contributed by atoms with Crippen LogP contribution >= 0.6 is 0 Å². The van der Waals surface area contributed by atoms with Gasteiger partial charge in [0.15, 0.2) is 0 Å². The second-order valence-corrected chi connectivity index (χ2v) is 13.8. The summed E-state index contributed by atoms with van der Waals surface area (Å²) in [5, 5.41) is 34.0. The van der Waals surface area contributed by atoms with E-state index in [0.29, 0.717) is 31.6 Å². The summed E-state index contributed by atoms with van der Waals surface area (Å²) < 4.78 is 5.24. The third-order valence-electron chi connectivity index (χ3n) is 8.65. The number of carbonyl (C=O) groups excluding carboxylic acids is 5. The van der Waals surface area contributed by atoms with Crippen LogP contribution in [-0.4, -0.2) is 89.6 Å². The molecule has 0 heterocycles. The zero-order valence-electron chi connectivity index (χ0n) is 31.5. The summed E-state index contributed by atoms with van der Waals surface area (Å²) in [5.74, 6) is -3.33. The van der Waals surface area contributed by atoms with Crippen molar-refractivity contribution in [3.05, 3.63) is 29.8 Å². The van der Waals surface area contributed by atoms with E-state index in [1.54, 1.807) is 46.9 Å². The van der Waals surface area contributed by atoms with Crippen LogP contribution in [0.25, 0.3) is 0 Å². The molecule has 0 saturated carbocycles. The number of nitrogens with one attached hydrogen (secondary N) is 5. The normalized spacial score (nSPS) is 14.7. The van der Waals surface area contributed by atoms with Gasteiger partial charge >= 0.3 is 5.97 Å². The van der Waals surface area contributed by atoms with E-state index >= 15 is 0 Å². The number of aryl methyl sites for hydroxylation is 1. The Labute approximate surface area is 302 Å². The highest BCUT2D eigenvalue weighted by atomic mass is 16.5. The number of hydrogen-bond donors (Lipinski definition) is 7. The minimum absolute atomic E-state index is 0.0187. The lowest BCUT2D eigenvalue weighted by atomic mass is 9.95. The Morgan fingerprint density at radius 2 is 1.41 bits per heavy atom. The number of amides is 5. The van der Waals surface area contributed by atoms with E-state index in [2.05, 4.69) is 26.6 Å². The van der Waals surface area contributed by atoms with E-state index in [9.17, 15) is 33.9 Å². The monoisotopic (exact) mass is 719 g/mol. The van der Waals surface area contributed by atoms with E-state index in [1.165, 1.54) is 0 Å². The number of carboxylic acid groups (broad SMARTS) is 1. The summed E-state index contributed by atoms with van der Waals surface area (Å²) in [4.78, 5) is 76.7. The highest BCUT2D eigenvalue weighted by Crippen LogP contribution is 2.17. The second-order valence-electron chi connectivity index (χ2n) is 13.8. The number of carboxylic acids is 1. The molecule has 0 aliphatic carbocycles. The van der Waals surface area contributed by atoms with E-state index in [4.69, 9.17) is 9.84 Å². The molecule has 14 nitrogen and oxygen atoms in total. The molecule has 14 heteroatoms. The molecule has 7 N–H and O–H groups in total. The summed E-state index contributed by atoms with van der Waals surface area (Å²) in [6.07, 6.45) is -0.363. The molecule has 1 aromatic rings. The van der Waals surface area contributed by atoms with E-state index in [1.807, 2.05) is 32.9 Å². The minimum atomic E-state index is -1.30. The molecule has 0 bridgehead atoms. The highest BCUT2D eigenvalue weighted by Gasteiger charge is 2.33. The SMILES string of the molecule is CCNC(=O)[C@@H](NC(=O)C[C@H](O)[C@H](CC(C)C)NC(=O)[C@H](CCc1ccc(OC)cc1)NC(=O)[C@@H](NC(=O)CCCC(=O)O)[C@@H](C)CC)C(C)C. The van der Waals surface area contributed by atoms with Gasteiger partial charge < -0.3 is 41.5 Å². The molecule has 0 spiro atoms. The third kappa shape index (κ3) is 17.0. The standard InChI is InChI=1S/C37H61N5O9/c1-9-24(7)34(41-30(44)12-11-13-32(46)47)37(50)39-27(19-16-25-14-17-26(51-8)18-15-25)35(48)40-28(20-22(3)4)29(43)21-31(45)42-33(23(5)6)36(49)38-10-2/h14-15,17-18,22-24,27-29,33-34,43H,9-13,16,19-21H2,1-8H3,(H,38,49)(H,39,50)(H,40,48)(H,41,44)(H,42,45)(H,46,47)/t24-,27-,28-,29-,33-,34-/m0/s1. The van der Waals surface area contributed by atoms with Crippen molar-refractivity contribution >= 4 is 35.5 Å². The van der Waals surface area contributed by atoms with Crippen LogP contribution in [0.3, 0.4) is 0 Å². The Hall–Kier alpha value is -4.20. The number of aliphatic hydroxyl groups excluding tert-OH is 1. The number of benzene rings is 1. The van der Waals surface area contributed by atoms with Gasteiger partial charge in [-0.15, -0.1) is 0 Å². The van der Waals surface area contributed by atoms with Crippen molar-refractivity contribution in [2.45, 2.75) is 130 Å². The van der Waals surface area contributed by atoms with Crippen LogP contribution < -0.4 is 31.3 Å². The Kier molecular flexibility index (Phi) is 20.5. The van der Waals surface area contributed by atoms with Crippen molar-refractivity contribution in [3.8, 4) is 5.75 Å². The Morgan fingerprint density at radius 3 is 1.94 bits per heavy atom. The lowest BCUT2D eigenvalue weighted by Crippen LogP contribution is -2.58. The molecule has 0 aromatic heterocycles. The lowest BCUT2D eigenvalue weighted by molar-refractivity contribution is -0.137. The molecular weight excluding hydrogens is 658 g/mol. The fourth-order valence-corrected chi connectivity index (χ4v) is 5.47. The largest absolute Gasteiger partial charge is 0.497 e. The van der Waals surface area contributed by atoms with Gasteiger partial charge in [-0.3, -0.25) is 28.8 Å². The van der Waals surface area contributed by atoms with Gasteiger partial charge in [-0.1, -0.05) is 60.1 Å². The molecule has 0 aliphatic rings. The summed E-state index contributed by atoms with van der Waals surface area (Å²) in [6.45, 7) is 13.3. The van der Waals surface area contributed by atoms with Gasteiger partial charge in [0.1, 0.15) is 23.9 Å². The Balaban J connectivity index is 3.26. The molecule has 0 saturated heterocycles. The van der Waals surface area contributed by atoms with Crippen molar-refractivity contribution in [2.24, 2.45) is 17.8 Å². The smallest absolute Gasteiger partial charge is 0.303 e. The summed E-state index contributed by atoms with van der Waals surface area (Å²) in [6, 6.07) is 3.57. The van der Waals surface area contributed by atoms with Crippen LogP contribution in [0.1, 0.15) is 99.0 Å². The Bertz CT molecular complexity index is 1270. The minimum Gasteiger partial charge on any atom is -0.497 e. The maximum Gasteiger partial charge on any atom is 0.303 e. The third-order valence-corrected chi connectivity index (χ3v) is 8.65. The molecular formula is C37H61N5O9. The number of aliphatic carboxylic acids is 1. The van der Waals surface area contributed by atoms with Gasteiger partial charge in [0.05, 0.1) is 25.7 Å². The summed E-state index contributed by atoms with van der Waals surface area (Å²) in [5.41, 5.74) is 0.885. The van der Waals surface area contributed by atoms with Crippen LogP contribution in [0.2, 0.25) is 0 Å². The Morgan fingerprint density at radius 1 is 0.784 bits per heavy atom. The fraction of sp³-hybridized carbons (Fsp3) is 0.676. The van der Waals surface area contributed by atoms with Crippen molar-refractivity contribution in [3.63, 3.8) is 0 Å². The molecule has 0 radical (unpaired) electrons. The van der Waals surface area contributed by atoms with Crippen molar-refractivity contribution in [2.75, 3.05) is 13.7 Å². The first kappa shape index (κ1) is 44.8. The molecule has 0 fully saturated rings. The number of ether oxygens (including phenoxy) is 1. The van der Waals surface area contributed by atoms with E-state index in [0.717, 1.165) is 5.56 Å². The summed E-state index contributed by atoms with van der Waals surface area (Å²) >= 11 is 0. The van der Waals surface area contributed by atoms with Gasteiger partial charge in [-0.2, -0.15) is 0 Å². The van der Waals surface area contributed by atoms with Crippen LogP contribution in [-0.2, 0) is 35.2 Å². The predicted octanol–water partition coefficient (Wildman–Crippen LogP) is 2.46. The zero-order valence-corrected chi connectivity index (χ0v) is 31.5. The number of rotatable bonds is 24. The van der Waals surface area contributed by atoms with Crippen molar-refractivity contribution in [1.82, 2.24) is 26.6 Å². The highest BCUT2D eigenvalue weighted by molar-refractivity contribution is 5.92. The molecule has 6 atom stereocenters. The first-order chi connectivity index (χ1) is 24.0. The van der Waals surface area contributed by atoms with Gasteiger partial charge in [0.2, 0.25) is 29.5 Å². The van der Waals surface area contributed by atoms with E-state index < -0.39 is 59.9 Å². The molecule has 288 valence electrons. The van der Waals surface area contributed by atoms with Crippen molar-refractivity contribution in [1.29, 1.82) is 0 Å². The quantitative estimate of drug-likeness (QED) is 0.0835. The maximum atomic E-state index is 13.9. The predicted molar refractivity (Wildman–Crippen MR) is 194 cm³/mol.